The first-order chi connectivity index (χ1) is 7.34. The van der Waals surface area contributed by atoms with Crippen molar-refractivity contribution in [2.24, 2.45) is 7.05 Å². The van der Waals surface area contributed by atoms with Crippen molar-refractivity contribution in [2.45, 2.75) is 0 Å². The number of hydrogen-bond acceptors (Lipinski definition) is 3. The highest BCUT2D eigenvalue weighted by Crippen LogP contribution is 2.25. The quantitative estimate of drug-likeness (QED) is 0.623. The summed E-state index contributed by atoms with van der Waals surface area (Å²) in [5.41, 5.74) is 6.18. The summed E-state index contributed by atoms with van der Waals surface area (Å²) in [6.45, 7) is 0. The van der Waals surface area contributed by atoms with Crippen molar-refractivity contribution in [1.82, 2.24) is 14.5 Å². The van der Waals surface area contributed by atoms with Crippen LogP contribution >= 0.6 is 11.3 Å². The van der Waals surface area contributed by atoms with Crippen LogP contribution in [0.2, 0.25) is 0 Å². The van der Waals surface area contributed by atoms with Crippen LogP contribution in [0.3, 0.4) is 0 Å². The summed E-state index contributed by atoms with van der Waals surface area (Å²) in [7, 11) is 1.99. The number of imidazole rings is 1. The first-order valence-corrected chi connectivity index (χ1v) is 5.39. The molecule has 3 nitrogen and oxygen atoms in total. The molecule has 0 saturated heterocycles. The van der Waals surface area contributed by atoms with Gasteiger partial charge in [0, 0.05) is 12.6 Å². The van der Waals surface area contributed by atoms with Crippen LogP contribution in [0.5, 0.6) is 0 Å². The molecule has 0 saturated carbocycles. The fraction of sp³-hybridized carbons (Fsp3) is 0.0909. The summed E-state index contributed by atoms with van der Waals surface area (Å²) in [5, 5.41) is 0. The maximum Gasteiger partial charge on any atom is 0.153 e. The van der Waals surface area contributed by atoms with Gasteiger partial charge in [-0.15, -0.1) is 11.3 Å². The summed E-state index contributed by atoms with van der Waals surface area (Å²) < 4.78 is 3.17. The SMILES string of the molecule is Cn1cncc1-c1ccc2n[c]sc2c1. The molecule has 0 spiro atoms. The van der Waals surface area contributed by atoms with E-state index in [9.17, 15) is 0 Å². The van der Waals surface area contributed by atoms with Gasteiger partial charge in [-0.1, -0.05) is 6.07 Å². The molecule has 0 bridgehead atoms. The fourth-order valence-corrected chi connectivity index (χ4v) is 2.25. The van der Waals surface area contributed by atoms with E-state index in [4.69, 9.17) is 0 Å². The van der Waals surface area contributed by atoms with Gasteiger partial charge in [0.05, 0.1) is 28.4 Å². The van der Waals surface area contributed by atoms with Gasteiger partial charge in [-0.05, 0) is 12.1 Å². The Morgan fingerprint density at radius 1 is 1.40 bits per heavy atom. The standard InChI is InChI=1S/C11H8N3S/c1-14-6-12-5-10(14)8-2-3-9-11(4-8)15-7-13-9/h2-6H,1H3. The lowest BCUT2D eigenvalue weighted by Crippen LogP contribution is -1.88. The second-order valence-corrected chi connectivity index (χ2v) is 4.20. The summed E-state index contributed by atoms with van der Waals surface area (Å²) in [5.74, 6) is 0. The molecule has 4 heteroatoms. The van der Waals surface area contributed by atoms with E-state index in [1.165, 1.54) is 16.9 Å². The number of fused-ring (bicyclic) bond motifs is 1. The maximum absolute atomic E-state index is 4.13. The highest BCUT2D eigenvalue weighted by Gasteiger charge is 2.04. The summed E-state index contributed by atoms with van der Waals surface area (Å²) in [6, 6.07) is 6.21. The molecule has 1 radical (unpaired) electrons. The van der Waals surface area contributed by atoms with Gasteiger partial charge in [-0.3, -0.25) is 0 Å². The van der Waals surface area contributed by atoms with E-state index in [0.29, 0.717) is 0 Å². The Kier molecular flexibility index (Phi) is 1.82. The minimum absolute atomic E-state index is 1.01. The van der Waals surface area contributed by atoms with E-state index < -0.39 is 0 Å². The summed E-state index contributed by atoms with van der Waals surface area (Å²) in [4.78, 5) is 8.24. The molecule has 0 N–H and O–H groups in total. The number of benzene rings is 1. The van der Waals surface area contributed by atoms with Gasteiger partial charge in [-0.2, -0.15) is 0 Å². The van der Waals surface area contributed by atoms with Crippen LogP contribution in [0.1, 0.15) is 0 Å². The molecule has 0 aliphatic carbocycles. The van der Waals surface area contributed by atoms with Crippen molar-refractivity contribution in [1.29, 1.82) is 0 Å². The Morgan fingerprint density at radius 2 is 2.33 bits per heavy atom. The van der Waals surface area contributed by atoms with Crippen LogP contribution < -0.4 is 0 Å². The monoisotopic (exact) mass is 214 g/mol. The van der Waals surface area contributed by atoms with Crippen LogP contribution in [-0.4, -0.2) is 14.5 Å². The van der Waals surface area contributed by atoms with E-state index in [-0.39, 0.29) is 0 Å². The second-order valence-electron chi connectivity index (χ2n) is 3.38. The smallest absolute Gasteiger partial charge is 0.153 e. The molecular formula is C11H8N3S. The number of thiazole rings is 1. The van der Waals surface area contributed by atoms with E-state index in [1.807, 2.05) is 23.9 Å². The lowest BCUT2D eigenvalue weighted by molar-refractivity contribution is 0.922. The summed E-state index contributed by atoms with van der Waals surface area (Å²) >= 11 is 1.54. The highest BCUT2D eigenvalue weighted by atomic mass is 32.1. The molecule has 0 atom stereocenters. The molecule has 0 aliphatic heterocycles. The number of aryl methyl sites for hydroxylation is 1. The van der Waals surface area contributed by atoms with Crippen LogP contribution in [-0.2, 0) is 7.05 Å². The van der Waals surface area contributed by atoms with E-state index >= 15 is 0 Å². The van der Waals surface area contributed by atoms with Crippen LogP contribution in [0, 0.1) is 5.51 Å². The van der Waals surface area contributed by atoms with E-state index in [1.54, 1.807) is 6.33 Å². The zero-order valence-corrected chi connectivity index (χ0v) is 8.95. The lowest BCUT2D eigenvalue weighted by Gasteiger charge is -2.01. The molecule has 0 unspecified atom stereocenters. The molecule has 73 valence electrons. The van der Waals surface area contributed by atoms with Crippen LogP contribution in [0.15, 0.2) is 30.7 Å². The second kappa shape index (κ2) is 3.17. The first kappa shape index (κ1) is 8.61. The minimum Gasteiger partial charge on any atom is -0.334 e. The Morgan fingerprint density at radius 3 is 3.13 bits per heavy atom. The fourth-order valence-electron chi connectivity index (χ4n) is 1.60. The van der Waals surface area contributed by atoms with Crippen molar-refractivity contribution in [3.05, 3.63) is 36.2 Å². The molecule has 2 heterocycles. The molecule has 0 aliphatic rings. The van der Waals surface area contributed by atoms with Gasteiger partial charge in [0.2, 0.25) is 0 Å². The van der Waals surface area contributed by atoms with Crippen LogP contribution in [0.25, 0.3) is 21.5 Å². The maximum atomic E-state index is 4.13. The van der Waals surface area contributed by atoms with Gasteiger partial charge >= 0.3 is 0 Å². The highest BCUT2D eigenvalue weighted by molar-refractivity contribution is 7.16. The van der Waals surface area contributed by atoms with Gasteiger partial charge < -0.3 is 4.57 Å². The minimum atomic E-state index is 1.01. The number of rotatable bonds is 1. The topological polar surface area (TPSA) is 30.7 Å². The molecule has 0 amide bonds. The van der Waals surface area contributed by atoms with Crippen LogP contribution in [0.4, 0.5) is 0 Å². The normalized spacial score (nSPS) is 11.0. The first-order valence-electron chi connectivity index (χ1n) is 4.58. The number of hydrogen-bond donors (Lipinski definition) is 0. The predicted molar refractivity (Wildman–Crippen MR) is 60.7 cm³/mol. The van der Waals surface area contributed by atoms with E-state index in [0.717, 1.165) is 15.9 Å². The average molecular weight is 214 g/mol. The van der Waals surface area contributed by atoms with Gasteiger partial charge in [-0.25, -0.2) is 9.97 Å². The third kappa shape index (κ3) is 1.34. The van der Waals surface area contributed by atoms with E-state index in [2.05, 4.69) is 27.6 Å². The average Bonchev–Trinajstić information content (AvgIpc) is 2.84. The largest absolute Gasteiger partial charge is 0.334 e. The Hall–Kier alpha value is -1.68. The predicted octanol–water partition coefficient (Wildman–Crippen LogP) is 2.50. The van der Waals surface area contributed by atoms with Crippen molar-refractivity contribution in [3.8, 4) is 11.3 Å². The molecule has 1 aromatic carbocycles. The Balaban J connectivity index is 2.23. The molecule has 0 fully saturated rings. The number of nitrogens with zero attached hydrogens (tertiary/aromatic N) is 3. The Labute approximate surface area is 91.0 Å². The number of aromatic nitrogens is 3. The third-order valence-electron chi connectivity index (χ3n) is 2.39. The van der Waals surface area contributed by atoms with Crippen molar-refractivity contribution in [3.63, 3.8) is 0 Å². The Bertz CT molecular complexity index is 609. The molecule has 3 aromatic rings. The van der Waals surface area contributed by atoms with Crippen molar-refractivity contribution in [2.75, 3.05) is 0 Å². The zero-order chi connectivity index (χ0) is 10.3. The van der Waals surface area contributed by atoms with Gasteiger partial charge in [0.25, 0.3) is 0 Å². The summed E-state index contributed by atoms with van der Waals surface area (Å²) in [6.07, 6.45) is 3.67. The zero-order valence-electron chi connectivity index (χ0n) is 8.14. The van der Waals surface area contributed by atoms with Gasteiger partial charge in [0.15, 0.2) is 5.51 Å². The third-order valence-corrected chi connectivity index (χ3v) is 3.12. The van der Waals surface area contributed by atoms with Gasteiger partial charge in [0.1, 0.15) is 0 Å². The molecule has 15 heavy (non-hydrogen) atoms. The molecule has 3 rings (SSSR count). The molecular weight excluding hydrogens is 206 g/mol. The van der Waals surface area contributed by atoms with Crippen molar-refractivity contribution < 1.29 is 0 Å². The lowest BCUT2D eigenvalue weighted by atomic mass is 10.1. The molecule has 2 aromatic heterocycles. The van der Waals surface area contributed by atoms with Crippen molar-refractivity contribution >= 4 is 21.6 Å².